The molecule has 1 aromatic heterocycles. The fourth-order valence-electron chi connectivity index (χ4n) is 4.10. The van der Waals surface area contributed by atoms with Crippen LogP contribution in [0, 0.1) is 0 Å². The average Bonchev–Trinajstić information content (AvgIpc) is 3.53. The van der Waals surface area contributed by atoms with Crippen LogP contribution in [0.15, 0.2) is 78.1 Å². The second-order valence-electron chi connectivity index (χ2n) is 8.37. The number of fused-ring (bicyclic) bond motifs is 1. The Kier molecular flexibility index (Phi) is 6.76. The number of hydrogen-bond donors (Lipinski definition) is 1. The zero-order valence-electron chi connectivity index (χ0n) is 18.8. The van der Waals surface area contributed by atoms with Gasteiger partial charge in [0, 0.05) is 23.6 Å². The number of ether oxygens (including phenoxy) is 1. The summed E-state index contributed by atoms with van der Waals surface area (Å²) in [5.74, 6) is -0.299. The fourth-order valence-corrected chi connectivity index (χ4v) is 4.54. The summed E-state index contributed by atoms with van der Waals surface area (Å²) in [7, 11) is 0. The first-order valence-corrected chi connectivity index (χ1v) is 12.1. The predicted molar refractivity (Wildman–Crippen MR) is 136 cm³/mol. The van der Waals surface area contributed by atoms with Gasteiger partial charge in [-0.3, -0.25) is 14.7 Å². The van der Waals surface area contributed by atoms with Crippen LogP contribution in [0.3, 0.4) is 0 Å². The van der Waals surface area contributed by atoms with E-state index in [1.807, 2.05) is 66.7 Å². The van der Waals surface area contributed by atoms with E-state index in [1.54, 1.807) is 6.20 Å². The number of amides is 2. The number of pyridine rings is 1. The molecule has 2 aliphatic heterocycles. The van der Waals surface area contributed by atoms with Crippen molar-refractivity contribution in [1.29, 1.82) is 0 Å². The van der Waals surface area contributed by atoms with Gasteiger partial charge in [-0.2, -0.15) is 0 Å². The van der Waals surface area contributed by atoms with E-state index in [-0.39, 0.29) is 31.7 Å². The summed E-state index contributed by atoms with van der Waals surface area (Å²) in [6, 6.07) is 18.6. The van der Waals surface area contributed by atoms with Gasteiger partial charge >= 0.3 is 6.09 Å². The van der Waals surface area contributed by atoms with Crippen LogP contribution in [0.5, 0.6) is 0 Å². The molecule has 0 saturated carbocycles. The Bertz CT molecular complexity index is 1310. The van der Waals surface area contributed by atoms with Gasteiger partial charge in [-0.1, -0.05) is 53.7 Å². The van der Waals surface area contributed by atoms with Gasteiger partial charge in [0.05, 0.1) is 18.6 Å². The molecule has 5 rings (SSSR count). The SMILES string of the molecule is O=C(NCC1CC(Br)=NO1)C1C=C(c2ccccc2)CN1C(=O)OCc1cnc2ccccc2c1. The number of halogens is 1. The Morgan fingerprint density at radius 2 is 1.94 bits per heavy atom. The van der Waals surface area contributed by atoms with Gasteiger partial charge in [0.1, 0.15) is 17.3 Å². The minimum Gasteiger partial charge on any atom is -0.444 e. The molecule has 2 aliphatic rings. The second kappa shape index (κ2) is 10.3. The number of aromatic nitrogens is 1. The Balaban J connectivity index is 1.28. The molecule has 0 fully saturated rings. The molecule has 0 bridgehead atoms. The molecule has 2 atom stereocenters. The summed E-state index contributed by atoms with van der Waals surface area (Å²) < 4.78 is 6.31. The van der Waals surface area contributed by atoms with Crippen LogP contribution >= 0.6 is 15.9 Å². The Hall–Kier alpha value is -3.72. The average molecular weight is 535 g/mol. The van der Waals surface area contributed by atoms with Crippen molar-refractivity contribution < 1.29 is 19.2 Å². The van der Waals surface area contributed by atoms with Crippen molar-refractivity contribution in [3.05, 3.63) is 84.1 Å². The van der Waals surface area contributed by atoms with Gasteiger partial charge in [-0.05, 0) is 45.3 Å². The summed E-state index contributed by atoms with van der Waals surface area (Å²) in [4.78, 5) is 37.3. The number of nitrogens with one attached hydrogen (secondary N) is 1. The summed E-state index contributed by atoms with van der Waals surface area (Å²) >= 11 is 3.29. The van der Waals surface area contributed by atoms with Gasteiger partial charge in [0.2, 0.25) is 5.91 Å². The molecule has 0 saturated heterocycles. The highest BCUT2D eigenvalue weighted by molar-refractivity contribution is 9.18. The van der Waals surface area contributed by atoms with Crippen molar-refractivity contribution in [3.8, 4) is 0 Å². The first-order valence-electron chi connectivity index (χ1n) is 11.3. The number of carbonyl (C=O) groups is 2. The predicted octanol–water partition coefficient (Wildman–Crippen LogP) is 4.25. The van der Waals surface area contributed by atoms with Crippen LogP contribution in [-0.2, 0) is 21.0 Å². The summed E-state index contributed by atoms with van der Waals surface area (Å²) in [6.07, 6.45) is 3.28. The Morgan fingerprint density at radius 3 is 2.74 bits per heavy atom. The van der Waals surface area contributed by atoms with E-state index < -0.39 is 12.1 Å². The quantitative estimate of drug-likeness (QED) is 0.510. The largest absolute Gasteiger partial charge is 0.444 e. The number of para-hydroxylation sites is 1. The van der Waals surface area contributed by atoms with Gasteiger partial charge < -0.3 is 14.9 Å². The number of rotatable bonds is 6. The van der Waals surface area contributed by atoms with Crippen molar-refractivity contribution in [2.75, 3.05) is 13.1 Å². The molecule has 178 valence electrons. The maximum Gasteiger partial charge on any atom is 0.411 e. The van der Waals surface area contributed by atoms with E-state index >= 15 is 0 Å². The van der Waals surface area contributed by atoms with Gasteiger partial charge in [-0.25, -0.2) is 4.79 Å². The first-order chi connectivity index (χ1) is 17.1. The molecule has 0 radical (unpaired) electrons. The summed E-state index contributed by atoms with van der Waals surface area (Å²) in [5, 5.41) is 7.69. The van der Waals surface area contributed by atoms with E-state index in [4.69, 9.17) is 9.57 Å². The van der Waals surface area contributed by atoms with Crippen LogP contribution in [0.25, 0.3) is 16.5 Å². The lowest BCUT2D eigenvalue weighted by Crippen LogP contribution is -2.47. The monoisotopic (exact) mass is 534 g/mol. The van der Waals surface area contributed by atoms with Crippen molar-refractivity contribution in [2.45, 2.75) is 25.2 Å². The fraction of sp³-hybridized carbons (Fsp3) is 0.231. The highest BCUT2D eigenvalue weighted by atomic mass is 79.9. The number of hydrogen-bond acceptors (Lipinski definition) is 6. The third-order valence-corrected chi connectivity index (χ3v) is 6.36. The van der Waals surface area contributed by atoms with Crippen LogP contribution in [0.4, 0.5) is 4.79 Å². The lowest BCUT2D eigenvalue weighted by Gasteiger charge is -2.24. The molecule has 3 aromatic rings. The Labute approximate surface area is 210 Å². The normalized spacial score (nSPS) is 19.2. The lowest BCUT2D eigenvalue weighted by atomic mass is 10.1. The molecule has 0 aliphatic carbocycles. The van der Waals surface area contributed by atoms with Crippen LogP contribution < -0.4 is 5.32 Å². The van der Waals surface area contributed by atoms with Crippen molar-refractivity contribution in [1.82, 2.24) is 15.2 Å². The third-order valence-electron chi connectivity index (χ3n) is 5.89. The van der Waals surface area contributed by atoms with E-state index in [0.29, 0.717) is 11.0 Å². The standard InChI is InChI=1S/C26H23BrN4O4/c27-24-12-21(35-30-24)14-29-25(32)23-11-20(18-6-2-1-3-7-18)15-31(23)26(33)34-16-17-10-19-8-4-5-9-22(19)28-13-17/h1-11,13,21,23H,12,14-16H2,(H,29,32). The third kappa shape index (κ3) is 5.35. The van der Waals surface area contributed by atoms with Crippen molar-refractivity contribution in [2.24, 2.45) is 5.16 Å². The topological polar surface area (TPSA) is 93.1 Å². The molecule has 0 spiro atoms. The summed E-state index contributed by atoms with van der Waals surface area (Å²) in [6.45, 7) is 0.614. The molecular formula is C26H23BrN4O4. The molecular weight excluding hydrogens is 512 g/mol. The zero-order valence-corrected chi connectivity index (χ0v) is 20.3. The molecule has 8 nitrogen and oxygen atoms in total. The van der Waals surface area contributed by atoms with E-state index in [0.717, 1.165) is 27.6 Å². The number of benzene rings is 2. The van der Waals surface area contributed by atoms with Gasteiger partial charge in [0.15, 0.2) is 6.10 Å². The smallest absolute Gasteiger partial charge is 0.411 e. The molecule has 2 aromatic carbocycles. The number of carbonyl (C=O) groups excluding carboxylic acids is 2. The second-order valence-corrected chi connectivity index (χ2v) is 9.28. The van der Waals surface area contributed by atoms with Crippen LogP contribution in [0.2, 0.25) is 0 Å². The molecule has 9 heteroatoms. The minimum atomic E-state index is -0.793. The van der Waals surface area contributed by atoms with Crippen molar-refractivity contribution >= 4 is 49.0 Å². The minimum absolute atomic E-state index is 0.0590. The van der Waals surface area contributed by atoms with Crippen LogP contribution in [-0.4, -0.2) is 51.7 Å². The Morgan fingerprint density at radius 1 is 1.14 bits per heavy atom. The van der Waals surface area contributed by atoms with E-state index in [9.17, 15) is 9.59 Å². The van der Waals surface area contributed by atoms with Gasteiger partial charge in [-0.15, -0.1) is 0 Å². The van der Waals surface area contributed by atoms with E-state index in [2.05, 4.69) is 31.4 Å². The summed E-state index contributed by atoms with van der Waals surface area (Å²) in [5.41, 5.74) is 3.49. The van der Waals surface area contributed by atoms with Crippen molar-refractivity contribution in [3.63, 3.8) is 0 Å². The van der Waals surface area contributed by atoms with E-state index in [1.165, 1.54) is 4.90 Å². The lowest BCUT2D eigenvalue weighted by molar-refractivity contribution is -0.124. The van der Waals surface area contributed by atoms with Gasteiger partial charge in [0.25, 0.3) is 0 Å². The molecule has 1 N–H and O–H groups in total. The first kappa shape index (κ1) is 23.0. The van der Waals surface area contributed by atoms with Crippen LogP contribution in [0.1, 0.15) is 17.5 Å². The molecule has 35 heavy (non-hydrogen) atoms. The number of oxime groups is 1. The maximum absolute atomic E-state index is 13.1. The molecule has 3 heterocycles. The molecule has 2 amide bonds. The zero-order chi connectivity index (χ0) is 24.2. The maximum atomic E-state index is 13.1. The highest BCUT2D eigenvalue weighted by Gasteiger charge is 2.36. The molecule has 2 unspecified atom stereocenters. The highest BCUT2D eigenvalue weighted by Crippen LogP contribution is 2.26. The number of nitrogens with zero attached hydrogens (tertiary/aromatic N) is 3.